The predicted molar refractivity (Wildman–Crippen MR) is 128 cm³/mol. The van der Waals surface area contributed by atoms with E-state index in [1.54, 1.807) is 35.2 Å². The Labute approximate surface area is 203 Å². The van der Waals surface area contributed by atoms with Gasteiger partial charge in [0.25, 0.3) is 17.4 Å². The summed E-state index contributed by atoms with van der Waals surface area (Å²) in [5.74, 6) is -1.43. The van der Waals surface area contributed by atoms with Crippen LogP contribution in [0.4, 0.5) is 4.39 Å². The van der Waals surface area contributed by atoms with Crippen LogP contribution in [0.25, 0.3) is 10.9 Å². The summed E-state index contributed by atoms with van der Waals surface area (Å²) in [6.07, 6.45) is 2.97. The van der Waals surface area contributed by atoms with Crippen LogP contribution in [-0.4, -0.2) is 67.3 Å². The highest BCUT2D eigenvalue weighted by Crippen LogP contribution is 2.17. The van der Waals surface area contributed by atoms with E-state index in [1.807, 2.05) is 0 Å². The van der Waals surface area contributed by atoms with E-state index >= 15 is 0 Å². The average molecular weight is 488 g/mol. The molecule has 0 unspecified atom stereocenters. The third kappa shape index (κ3) is 4.38. The lowest BCUT2D eigenvalue weighted by Crippen LogP contribution is -2.51. The van der Waals surface area contributed by atoms with Crippen molar-refractivity contribution in [2.75, 3.05) is 26.2 Å². The summed E-state index contributed by atoms with van der Waals surface area (Å²) in [5.41, 5.74) is -0.251. The van der Waals surface area contributed by atoms with Gasteiger partial charge in [0.1, 0.15) is 5.82 Å². The maximum Gasteiger partial charge on any atom is 0.329 e. The molecule has 0 aliphatic carbocycles. The van der Waals surface area contributed by atoms with Crippen molar-refractivity contribution >= 4 is 22.7 Å². The van der Waals surface area contributed by atoms with E-state index in [4.69, 9.17) is 0 Å². The SMILES string of the molecule is O=C(c1ncccn1)N1CCN(C(=O)c2cc(Cn3c(=O)[nH]c(=O)c4ccccc43)ccc2F)CC1. The summed E-state index contributed by atoms with van der Waals surface area (Å²) in [6, 6.07) is 12.4. The van der Waals surface area contributed by atoms with E-state index in [-0.39, 0.29) is 50.0 Å². The van der Waals surface area contributed by atoms with E-state index in [1.165, 1.54) is 40.1 Å². The number of hydrogen-bond donors (Lipinski definition) is 1. The molecule has 4 aromatic rings. The van der Waals surface area contributed by atoms with Crippen LogP contribution < -0.4 is 11.2 Å². The largest absolute Gasteiger partial charge is 0.335 e. The molecule has 1 saturated heterocycles. The smallest absolute Gasteiger partial charge is 0.329 e. The maximum absolute atomic E-state index is 14.7. The molecule has 1 aliphatic heterocycles. The molecule has 2 amide bonds. The molecule has 2 aromatic carbocycles. The maximum atomic E-state index is 14.7. The quantitative estimate of drug-likeness (QED) is 0.462. The standard InChI is InChI=1S/C25H21FN6O4/c26-19-7-6-16(15-32-20-5-2-1-4-17(20)22(33)29-25(32)36)14-18(19)23(34)30-10-12-31(13-11-30)24(35)21-27-8-3-9-28-21/h1-9,14H,10-13,15H2,(H,29,33,36). The normalized spacial score (nSPS) is 13.7. The second kappa shape index (κ2) is 9.53. The van der Waals surface area contributed by atoms with Crippen molar-refractivity contribution in [1.82, 2.24) is 29.3 Å². The van der Waals surface area contributed by atoms with E-state index in [0.717, 1.165) is 0 Å². The first-order valence-corrected chi connectivity index (χ1v) is 11.3. The number of carbonyl (C=O) groups excluding carboxylic acids is 2. The molecule has 182 valence electrons. The number of para-hydroxylation sites is 1. The molecule has 3 heterocycles. The zero-order valence-corrected chi connectivity index (χ0v) is 19.1. The summed E-state index contributed by atoms with van der Waals surface area (Å²) >= 11 is 0. The number of amides is 2. The molecule has 0 atom stereocenters. The lowest BCUT2D eigenvalue weighted by molar-refractivity contribution is 0.0526. The number of aromatic nitrogens is 4. The second-order valence-corrected chi connectivity index (χ2v) is 8.33. The first-order chi connectivity index (χ1) is 17.4. The molecule has 0 saturated carbocycles. The van der Waals surface area contributed by atoms with Crippen LogP contribution in [0.1, 0.15) is 26.5 Å². The third-order valence-corrected chi connectivity index (χ3v) is 6.12. The molecule has 0 bridgehead atoms. The highest BCUT2D eigenvalue weighted by molar-refractivity contribution is 5.95. The molecule has 11 heteroatoms. The van der Waals surface area contributed by atoms with Gasteiger partial charge in [-0.05, 0) is 35.9 Å². The number of aromatic amines is 1. The Bertz CT molecular complexity index is 1580. The molecule has 0 radical (unpaired) electrons. The van der Waals surface area contributed by atoms with Crippen LogP contribution in [0, 0.1) is 5.82 Å². The van der Waals surface area contributed by atoms with Gasteiger partial charge >= 0.3 is 5.69 Å². The van der Waals surface area contributed by atoms with Crippen LogP contribution in [0.5, 0.6) is 0 Å². The van der Waals surface area contributed by atoms with Gasteiger partial charge in [-0.3, -0.25) is 23.9 Å². The Kier molecular flexibility index (Phi) is 6.11. The fraction of sp³-hybridized carbons (Fsp3) is 0.200. The van der Waals surface area contributed by atoms with E-state index in [9.17, 15) is 23.6 Å². The lowest BCUT2D eigenvalue weighted by Gasteiger charge is -2.34. The van der Waals surface area contributed by atoms with Gasteiger partial charge in [-0.25, -0.2) is 19.2 Å². The summed E-state index contributed by atoms with van der Waals surface area (Å²) in [5, 5.41) is 0.351. The fourth-order valence-corrected chi connectivity index (χ4v) is 4.25. The number of rotatable bonds is 4. The number of nitrogens with zero attached hydrogens (tertiary/aromatic N) is 5. The van der Waals surface area contributed by atoms with Gasteiger partial charge in [0.2, 0.25) is 5.82 Å². The summed E-state index contributed by atoms with van der Waals surface area (Å²) in [7, 11) is 0. The van der Waals surface area contributed by atoms with Gasteiger partial charge in [0, 0.05) is 38.6 Å². The molecule has 1 fully saturated rings. The Morgan fingerprint density at radius 1 is 0.889 bits per heavy atom. The third-order valence-electron chi connectivity index (χ3n) is 6.12. The van der Waals surface area contributed by atoms with Gasteiger partial charge in [0.15, 0.2) is 0 Å². The Morgan fingerprint density at radius 3 is 2.28 bits per heavy atom. The number of fused-ring (bicyclic) bond motifs is 1. The number of H-pyrrole nitrogens is 1. The first-order valence-electron chi connectivity index (χ1n) is 11.3. The van der Waals surface area contributed by atoms with E-state index in [2.05, 4.69) is 15.0 Å². The number of halogens is 1. The van der Waals surface area contributed by atoms with Gasteiger partial charge in [-0.15, -0.1) is 0 Å². The zero-order valence-electron chi connectivity index (χ0n) is 19.1. The minimum absolute atomic E-state index is 0.0377. The molecule has 1 N–H and O–H groups in total. The predicted octanol–water partition coefficient (Wildman–Crippen LogP) is 1.27. The van der Waals surface area contributed by atoms with Crippen molar-refractivity contribution in [3.8, 4) is 0 Å². The minimum Gasteiger partial charge on any atom is -0.335 e. The van der Waals surface area contributed by atoms with Crippen molar-refractivity contribution in [2.24, 2.45) is 0 Å². The van der Waals surface area contributed by atoms with Crippen LogP contribution in [0.2, 0.25) is 0 Å². The number of piperazine rings is 1. The van der Waals surface area contributed by atoms with Crippen molar-refractivity contribution in [3.63, 3.8) is 0 Å². The lowest BCUT2D eigenvalue weighted by atomic mass is 10.1. The highest BCUT2D eigenvalue weighted by Gasteiger charge is 2.28. The van der Waals surface area contributed by atoms with Crippen LogP contribution in [0.15, 0.2) is 70.5 Å². The topological polar surface area (TPSA) is 121 Å². The van der Waals surface area contributed by atoms with Gasteiger partial charge in [-0.1, -0.05) is 18.2 Å². The van der Waals surface area contributed by atoms with Crippen LogP contribution in [-0.2, 0) is 6.54 Å². The molecular formula is C25H21FN6O4. The zero-order chi connectivity index (χ0) is 25.2. The van der Waals surface area contributed by atoms with Crippen molar-refractivity contribution in [2.45, 2.75) is 6.54 Å². The Morgan fingerprint density at radius 2 is 1.56 bits per heavy atom. The molecule has 36 heavy (non-hydrogen) atoms. The molecule has 5 rings (SSSR count). The van der Waals surface area contributed by atoms with Gasteiger partial charge in [-0.2, -0.15) is 0 Å². The Hall–Kier alpha value is -4.67. The van der Waals surface area contributed by atoms with Crippen molar-refractivity contribution in [1.29, 1.82) is 0 Å². The highest BCUT2D eigenvalue weighted by atomic mass is 19.1. The van der Waals surface area contributed by atoms with E-state index in [0.29, 0.717) is 16.5 Å². The molecule has 10 nitrogen and oxygen atoms in total. The van der Waals surface area contributed by atoms with Crippen molar-refractivity contribution < 1.29 is 14.0 Å². The van der Waals surface area contributed by atoms with Gasteiger partial charge < -0.3 is 9.80 Å². The Balaban J connectivity index is 1.34. The number of nitrogens with one attached hydrogen (secondary N) is 1. The van der Waals surface area contributed by atoms with Crippen molar-refractivity contribution in [3.05, 3.63) is 105 Å². The fourth-order valence-electron chi connectivity index (χ4n) is 4.25. The van der Waals surface area contributed by atoms with Gasteiger partial charge in [0.05, 0.1) is 23.0 Å². The average Bonchev–Trinajstić information content (AvgIpc) is 2.91. The number of benzene rings is 2. The van der Waals surface area contributed by atoms with Crippen LogP contribution >= 0.6 is 0 Å². The summed E-state index contributed by atoms with van der Waals surface area (Å²) < 4.78 is 16.0. The molecular weight excluding hydrogens is 467 g/mol. The second-order valence-electron chi connectivity index (χ2n) is 8.33. The number of hydrogen-bond acceptors (Lipinski definition) is 6. The molecule has 0 spiro atoms. The summed E-state index contributed by atoms with van der Waals surface area (Å²) in [4.78, 5) is 63.6. The first kappa shape index (κ1) is 23.1. The monoisotopic (exact) mass is 488 g/mol. The molecule has 1 aliphatic rings. The molecule has 2 aromatic heterocycles. The minimum atomic E-state index is -0.682. The van der Waals surface area contributed by atoms with E-state index < -0.39 is 23.0 Å². The number of carbonyl (C=O) groups is 2. The van der Waals surface area contributed by atoms with Crippen LogP contribution in [0.3, 0.4) is 0 Å². The summed E-state index contributed by atoms with van der Waals surface area (Å²) in [6.45, 7) is 1.03.